The molecule has 1 aliphatic rings. The van der Waals surface area contributed by atoms with Gasteiger partial charge in [-0.15, -0.1) is 0 Å². The van der Waals surface area contributed by atoms with Crippen molar-refractivity contribution >= 4 is 5.96 Å². The summed E-state index contributed by atoms with van der Waals surface area (Å²) in [6, 6.07) is 18.7. The van der Waals surface area contributed by atoms with Crippen LogP contribution in [0.25, 0.3) is 0 Å². The Morgan fingerprint density at radius 2 is 1.91 bits per heavy atom. The Kier molecular flexibility index (Phi) is 7.92. The van der Waals surface area contributed by atoms with Crippen molar-refractivity contribution in [3.05, 3.63) is 77.4 Å². The number of guanidine groups is 1. The van der Waals surface area contributed by atoms with Crippen LogP contribution in [-0.2, 0) is 37.3 Å². The van der Waals surface area contributed by atoms with Crippen molar-refractivity contribution in [2.24, 2.45) is 4.99 Å². The number of aryl methyl sites for hydroxylation is 1. The van der Waals surface area contributed by atoms with Gasteiger partial charge in [0.1, 0.15) is 24.8 Å². The minimum absolute atomic E-state index is 0.266. The maximum absolute atomic E-state index is 5.87. The van der Waals surface area contributed by atoms with Crippen molar-refractivity contribution in [3.63, 3.8) is 0 Å². The number of aromatic nitrogens is 3. The summed E-state index contributed by atoms with van der Waals surface area (Å²) in [6.07, 6.45) is 2.79. The Morgan fingerprint density at radius 1 is 1.09 bits per heavy atom. The fourth-order valence-corrected chi connectivity index (χ4v) is 3.88. The molecule has 0 fully saturated rings. The van der Waals surface area contributed by atoms with E-state index in [9.17, 15) is 0 Å². The fourth-order valence-electron chi connectivity index (χ4n) is 3.88. The van der Waals surface area contributed by atoms with E-state index < -0.39 is 0 Å². The summed E-state index contributed by atoms with van der Waals surface area (Å²) in [5.74, 6) is 3.46. The first-order chi connectivity index (χ1) is 16.2. The Hall–Kier alpha value is -3.39. The van der Waals surface area contributed by atoms with Crippen LogP contribution >= 0.6 is 0 Å². The van der Waals surface area contributed by atoms with E-state index in [1.54, 1.807) is 14.2 Å². The van der Waals surface area contributed by atoms with Crippen LogP contribution in [0.5, 0.6) is 5.75 Å². The maximum atomic E-state index is 5.87. The molecule has 1 unspecified atom stereocenters. The van der Waals surface area contributed by atoms with Gasteiger partial charge in [0.25, 0.3) is 0 Å². The van der Waals surface area contributed by atoms with Crippen molar-refractivity contribution in [2.45, 2.75) is 45.1 Å². The van der Waals surface area contributed by atoms with Gasteiger partial charge >= 0.3 is 0 Å². The number of methoxy groups -OCH3 is 1. The quantitative estimate of drug-likeness (QED) is 0.387. The van der Waals surface area contributed by atoms with Gasteiger partial charge in [-0.1, -0.05) is 42.5 Å². The predicted octanol–water partition coefficient (Wildman–Crippen LogP) is 2.73. The zero-order chi connectivity index (χ0) is 22.9. The second kappa shape index (κ2) is 11.5. The van der Waals surface area contributed by atoms with E-state index in [0.717, 1.165) is 61.3 Å². The third kappa shape index (κ3) is 6.55. The molecule has 2 heterocycles. The van der Waals surface area contributed by atoms with E-state index in [1.165, 1.54) is 5.56 Å². The molecular formula is C25H32N6O2. The Bertz CT molecular complexity index is 1030. The molecule has 0 saturated carbocycles. The molecule has 1 aromatic heterocycles. The number of rotatable bonds is 9. The van der Waals surface area contributed by atoms with Gasteiger partial charge in [-0.2, -0.15) is 5.10 Å². The molecule has 2 aromatic carbocycles. The van der Waals surface area contributed by atoms with Gasteiger partial charge in [0, 0.05) is 33.2 Å². The molecule has 8 heteroatoms. The predicted molar refractivity (Wildman–Crippen MR) is 128 cm³/mol. The lowest BCUT2D eigenvalue weighted by molar-refractivity contribution is 0.177. The lowest BCUT2D eigenvalue weighted by atomic mass is 10.1. The first kappa shape index (κ1) is 22.8. The highest BCUT2D eigenvalue weighted by Crippen LogP contribution is 2.15. The van der Waals surface area contributed by atoms with E-state index in [4.69, 9.17) is 9.47 Å². The number of aliphatic imine (C=N–C) groups is 1. The molecule has 0 radical (unpaired) electrons. The highest BCUT2D eigenvalue weighted by molar-refractivity contribution is 5.79. The fraction of sp³-hybridized carbons (Fsp3) is 0.400. The Labute approximate surface area is 195 Å². The zero-order valence-corrected chi connectivity index (χ0v) is 19.3. The molecule has 0 saturated heterocycles. The summed E-state index contributed by atoms with van der Waals surface area (Å²) in [5.41, 5.74) is 2.42. The van der Waals surface area contributed by atoms with Crippen LogP contribution in [0.3, 0.4) is 0 Å². The van der Waals surface area contributed by atoms with Crippen LogP contribution in [0.1, 0.15) is 29.2 Å². The standard InChI is InChI=1S/C25H32N6O2/c1-26-25(28-21-10-13-24-29-23(18-32-2)30-31(24)16-21)27-15-14-19-8-11-22(12-9-19)33-17-20-6-4-3-5-7-20/h3-9,11-12,21H,10,13-18H2,1-2H3,(H2,26,27,28). The monoisotopic (exact) mass is 448 g/mol. The van der Waals surface area contributed by atoms with Gasteiger partial charge < -0.3 is 20.1 Å². The minimum Gasteiger partial charge on any atom is -0.489 e. The third-order valence-electron chi connectivity index (χ3n) is 5.62. The van der Waals surface area contributed by atoms with Crippen LogP contribution < -0.4 is 15.4 Å². The number of fused-ring (bicyclic) bond motifs is 1. The Morgan fingerprint density at radius 3 is 2.67 bits per heavy atom. The Balaban J connectivity index is 1.20. The lowest BCUT2D eigenvalue weighted by Gasteiger charge is -2.25. The molecule has 3 aromatic rings. The summed E-state index contributed by atoms with van der Waals surface area (Å²) < 4.78 is 13.0. The average Bonchev–Trinajstić information content (AvgIpc) is 3.25. The van der Waals surface area contributed by atoms with Crippen LogP contribution in [0, 0.1) is 0 Å². The molecule has 8 nitrogen and oxygen atoms in total. The van der Waals surface area contributed by atoms with E-state index in [-0.39, 0.29) is 6.04 Å². The normalized spacial score (nSPS) is 15.7. The summed E-state index contributed by atoms with van der Waals surface area (Å²) in [4.78, 5) is 8.92. The number of hydrogen-bond acceptors (Lipinski definition) is 5. The summed E-state index contributed by atoms with van der Waals surface area (Å²) in [6.45, 7) is 2.59. The second-order valence-corrected chi connectivity index (χ2v) is 8.11. The number of nitrogens with zero attached hydrogens (tertiary/aromatic N) is 4. The van der Waals surface area contributed by atoms with Crippen LogP contribution in [-0.4, -0.2) is 47.5 Å². The SMILES string of the molecule is CN=C(NCCc1ccc(OCc2ccccc2)cc1)NC1CCc2nc(COC)nn2C1. The van der Waals surface area contributed by atoms with Gasteiger partial charge in [0.2, 0.25) is 0 Å². The molecule has 174 valence electrons. The molecule has 0 amide bonds. The first-order valence-electron chi connectivity index (χ1n) is 11.4. The minimum atomic E-state index is 0.266. The van der Waals surface area contributed by atoms with E-state index in [0.29, 0.717) is 13.2 Å². The summed E-state index contributed by atoms with van der Waals surface area (Å²) in [5, 5.41) is 11.5. The van der Waals surface area contributed by atoms with Gasteiger partial charge in [-0.05, 0) is 36.1 Å². The van der Waals surface area contributed by atoms with E-state index in [1.807, 2.05) is 35.0 Å². The smallest absolute Gasteiger partial charge is 0.191 e. The third-order valence-corrected chi connectivity index (χ3v) is 5.62. The molecule has 33 heavy (non-hydrogen) atoms. The molecule has 4 rings (SSSR count). The van der Waals surface area contributed by atoms with Gasteiger partial charge in [-0.3, -0.25) is 4.99 Å². The van der Waals surface area contributed by atoms with Gasteiger partial charge in [0.05, 0.1) is 6.54 Å². The highest BCUT2D eigenvalue weighted by Gasteiger charge is 2.22. The van der Waals surface area contributed by atoms with Crippen LogP contribution in [0.15, 0.2) is 59.6 Å². The van der Waals surface area contributed by atoms with Gasteiger partial charge in [0.15, 0.2) is 11.8 Å². The summed E-state index contributed by atoms with van der Waals surface area (Å²) in [7, 11) is 3.46. The number of nitrogens with one attached hydrogen (secondary N) is 2. The molecule has 0 spiro atoms. The maximum Gasteiger partial charge on any atom is 0.191 e. The molecule has 0 aliphatic carbocycles. The van der Waals surface area contributed by atoms with Crippen molar-refractivity contribution in [3.8, 4) is 5.75 Å². The molecule has 1 aliphatic heterocycles. The van der Waals surface area contributed by atoms with Crippen LogP contribution in [0.2, 0.25) is 0 Å². The average molecular weight is 449 g/mol. The van der Waals surface area contributed by atoms with E-state index in [2.05, 4.69) is 50.0 Å². The van der Waals surface area contributed by atoms with Crippen molar-refractivity contribution in [1.29, 1.82) is 0 Å². The van der Waals surface area contributed by atoms with E-state index >= 15 is 0 Å². The largest absolute Gasteiger partial charge is 0.489 e. The van der Waals surface area contributed by atoms with Crippen LogP contribution in [0.4, 0.5) is 0 Å². The number of ether oxygens (including phenoxy) is 2. The highest BCUT2D eigenvalue weighted by atomic mass is 16.5. The molecule has 2 N–H and O–H groups in total. The first-order valence-corrected chi connectivity index (χ1v) is 11.4. The molecule has 1 atom stereocenters. The molecule has 0 bridgehead atoms. The zero-order valence-electron chi connectivity index (χ0n) is 19.3. The number of benzene rings is 2. The van der Waals surface area contributed by atoms with Crippen molar-refractivity contribution < 1.29 is 9.47 Å². The number of hydrogen-bond donors (Lipinski definition) is 2. The summed E-state index contributed by atoms with van der Waals surface area (Å²) >= 11 is 0. The van der Waals surface area contributed by atoms with Gasteiger partial charge in [-0.25, -0.2) is 9.67 Å². The second-order valence-electron chi connectivity index (χ2n) is 8.11. The topological polar surface area (TPSA) is 85.6 Å². The lowest BCUT2D eigenvalue weighted by Crippen LogP contribution is -2.47. The molecular weight excluding hydrogens is 416 g/mol. The van der Waals surface area contributed by atoms with Crippen molar-refractivity contribution in [1.82, 2.24) is 25.4 Å². The van der Waals surface area contributed by atoms with Crippen molar-refractivity contribution in [2.75, 3.05) is 20.7 Å².